The van der Waals surface area contributed by atoms with Crippen molar-refractivity contribution in [2.45, 2.75) is 13.3 Å². The fourth-order valence-electron chi connectivity index (χ4n) is 1.57. The number of anilines is 2. The molecule has 0 bridgehead atoms. The van der Waals surface area contributed by atoms with Crippen LogP contribution in [0.2, 0.25) is 0 Å². The van der Waals surface area contributed by atoms with Crippen molar-refractivity contribution in [3.8, 4) is 0 Å². The number of nitrogens with zero attached hydrogens (tertiary/aromatic N) is 3. The molecule has 0 radical (unpaired) electrons. The molecule has 0 atom stereocenters. The maximum absolute atomic E-state index is 11.5. The van der Waals surface area contributed by atoms with Crippen molar-refractivity contribution in [1.82, 2.24) is 25.5 Å². The van der Waals surface area contributed by atoms with Gasteiger partial charge in [-0.05, 0) is 6.42 Å². The van der Waals surface area contributed by atoms with E-state index in [-0.39, 0.29) is 12.5 Å². The number of aromatic amines is 1. The molecule has 0 aliphatic rings. The Morgan fingerprint density at radius 3 is 3.00 bits per heavy atom. The van der Waals surface area contributed by atoms with Gasteiger partial charge in [0, 0.05) is 13.6 Å². The fraction of sp³-hybridized carbons (Fsp3) is 0.455. The summed E-state index contributed by atoms with van der Waals surface area (Å²) in [5, 5.41) is 16.1. The number of hydrogen-bond acceptors (Lipinski definition) is 6. The number of rotatable bonds is 6. The quantitative estimate of drug-likeness (QED) is 0.598. The molecular weight excluding hydrogens is 246 g/mol. The Morgan fingerprint density at radius 2 is 2.26 bits per heavy atom. The summed E-state index contributed by atoms with van der Waals surface area (Å²) < 4.78 is 0. The van der Waals surface area contributed by atoms with Crippen molar-refractivity contribution >= 4 is 28.7 Å². The Kier molecular flexibility index (Phi) is 4.11. The smallest absolute Gasteiger partial charge is 0.239 e. The molecule has 102 valence electrons. The minimum absolute atomic E-state index is 0.0666. The number of carbonyl (C=O) groups is 1. The van der Waals surface area contributed by atoms with Gasteiger partial charge in [-0.15, -0.1) is 0 Å². The highest BCUT2D eigenvalue weighted by atomic mass is 16.1. The van der Waals surface area contributed by atoms with Gasteiger partial charge in [-0.1, -0.05) is 6.92 Å². The number of aromatic nitrogens is 4. The zero-order valence-corrected chi connectivity index (χ0v) is 10.9. The van der Waals surface area contributed by atoms with Crippen LogP contribution in [-0.2, 0) is 4.79 Å². The van der Waals surface area contributed by atoms with Crippen LogP contribution in [0.25, 0.3) is 11.0 Å². The maximum Gasteiger partial charge on any atom is 0.239 e. The molecule has 0 aliphatic heterocycles. The molecule has 8 nitrogen and oxygen atoms in total. The minimum atomic E-state index is -0.0666. The second-order valence-electron chi connectivity index (χ2n) is 3.98. The van der Waals surface area contributed by atoms with Gasteiger partial charge in [0.25, 0.3) is 0 Å². The van der Waals surface area contributed by atoms with E-state index in [1.54, 1.807) is 13.2 Å². The van der Waals surface area contributed by atoms with Gasteiger partial charge in [-0.3, -0.25) is 9.89 Å². The third kappa shape index (κ3) is 3.09. The molecule has 2 aromatic heterocycles. The monoisotopic (exact) mass is 263 g/mol. The van der Waals surface area contributed by atoms with E-state index in [9.17, 15) is 4.79 Å². The Bertz CT molecular complexity index is 565. The Hall–Kier alpha value is -2.38. The number of carbonyl (C=O) groups excluding carboxylic acids is 1. The second kappa shape index (κ2) is 5.98. The largest absolute Gasteiger partial charge is 0.360 e. The predicted octanol–water partition coefficient (Wildman–Crippen LogP) is 0.333. The summed E-state index contributed by atoms with van der Waals surface area (Å²) in [5.41, 5.74) is 0.621. The fourth-order valence-corrected chi connectivity index (χ4v) is 1.57. The topological polar surface area (TPSA) is 108 Å². The molecule has 2 heterocycles. The first-order valence-electron chi connectivity index (χ1n) is 6.14. The van der Waals surface area contributed by atoms with Crippen LogP contribution in [0.1, 0.15) is 13.3 Å². The molecule has 0 aliphatic carbocycles. The summed E-state index contributed by atoms with van der Waals surface area (Å²) >= 11 is 0. The van der Waals surface area contributed by atoms with Crippen LogP contribution in [0.4, 0.5) is 11.8 Å². The van der Waals surface area contributed by atoms with Crippen molar-refractivity contribution < 1.29 is 4.79 Å². The Balaban J connectivity index is 2.10. The lowest BCUT2D eigenvalue weighted by Gasteiger charge is -2.08. The summed E-state index contributed by atoms with van der Waals surface area (Å²) in [4.78, 5) is 20.0. The molecule has 8 heteroatoms. The molecule has 0 saturated heterocycles. The number of H-pyrrole nitrogens is 1. The molecule has 2 rings (SSSR count). The molecule has 2 aromatic rings. The van der Waals surface area contributed by atoms with Crippen LogP contribution in [0.15, 0.2) is 6.20 Å². The molecule has 0 unspecified atom stereocenters. The van der Waals surface area contributed by atoms with Crippen LogP contribution in [0.3, 0.4) is 0 Å². The van der Waals surface area contributed by atoms with E-state index >= 15 is 0 Å². The van der Waals surface area contributed by atoms with Gasteiger partial charge in [0.05, 0.1) is 18.1 Å². The third-order valence-corrected chi connectivity index (χ3v) is 2.52. The molecular formula is C11H17N7O. The van der Waals surface area contributed by atoms with Crippen LogP contribution in [-0.4, -0.2) is 46.2 Å². The summed E-state index contributed by atoms with van der Waals surface area (Å²) in [6.07, 6.45) is 2.54. The van der Waals surface area contributed by atoms with Gasteiger partial charge in [-0.2, -0.15) is 15.1 Å². The van der Waals surface area contributed by atoms with Gasteiger partial charge >= 0.3 is 0 Å². The number of nitrogens with one attached hydrogen (secondary N) is 4. The SMILES string of the molecule is CCCNC(=O)CNc1nc(NC)nc2[nH]ncc12. The predicted molar refractivity (Wildman–Crippen MR) is 73.0 cm³/mol. The zero-order chi connectivity index (χ0) is 13.7. The molecule has 1 amide bonds. The summed E-state index contributed by atoms with van der Waals surface area (Å²) in [6, 6.07) is 0. The van der Waals surface area contributed by atoms with E-state index in [1.165, 1.54) is 0 Å². The maximum atomic E-state index is 11.5. The van der Waals surface area contributed by atoms with Crippen molar-refractivity contribution in [2.75, 3.05) is 30.8 Å². The molecule has 0 spiro atoms. The van der Waals surface area contributed by atoms with Crippen LogP contribution < -0.4 is 16.0 Å². The normalized spacial score (nSPS) is 10.4. The van der Waals surface area contributed by atoms with Gasteiger partial charge < -0.3 is 16.0 Å². The lowest BCUT2D eigenvalue weighted by molar-refractivity contribution is -0.119. The average Bonchev–Trinajstić information content (AvgIpc) is 2.90. The molecule has 0 fully saturated rings. The lowest BCUT2D eigenvalue weighted by atomic mass is 10.4. The van der Waals surface area contributed by atoms with Gasteiger partial charge in [0.15, 0.2) is 5.65 Å². The minimum Gasteiger partial charge on any atom is -0.360 e. The Morgan fingerprint density at radius 1 is 1.42 bits per heavy atom. The third-order valence-electron chi connectivity index (χ3n) is 2.52. The summed E-state index contributed by atoms with van der Waals surface area (Å²) in [7, 11) is 1.73. The van der Waals surface area contributed by atoms with E-state index in [4.69, 9.17) is 0 Å². The van der Waals surface area contributed by atoms with E-state index < -0.39 is 0 Å². The first-order valence-corrected chi connectivity index (χ1v) is 6.14. The van der Waals surface area contributed by atoms with Gasteiger partial charge in [-0.25, -0.2) is 0 Å². The van der Waals surface area contributed by atoms with Crippen LogP contribution in [0, 0.1) is 0 Å². The molecule has 4 N–H and O–H groups in total. The van der Waals surface area contributed by atoms with Crippen molar-refractivity contribution in [3.05, 3.63) is 6.20 Å². The number of hydrogen-bond donors (Lipinski definition) is 4. The Labute approximate surface area is 110 Å². The molecule has 19 heavy (non-hydrogen) atoms. The van der Waals surface area contributed by atoms with Crippen LogP contribution in [0.5, 0.6) is 0 Å². The number of amides is 1. The first-order chi connectivity index (χ1) is 9.24. The van der Waals surface area contributed by atoms with Crippen molar-refractivity contribution in [2.24, 2.45) is 0 Å². The van der Waals surface area contributed by atoms with Crippen molar-refractivity contribution in [1.29, 1.82) is 0 Å². The van der Waals surface area contributed by atoms with Gasteiger partial charge in [0.1, 0.15) is 5.82 Å². The summed E-state index contributed by atoms with van der Waals surface area (Å²) in [6.45, 7) is 2.85. The highest BCUT2D eigenvalue weighted by molar-refractivity contribution is 5.89. The van der Waals surface area contributed by atoms with E-state index in [2.05, 4.69) is 36.1 Å². The first kappa shape index (κ1) is 13.1. The number of fused-ring (bicyclic) bond motifs is 1. The van der Waals surface area contributed by atoms with E-state index in [1.807, 2.05) is 6.92 Å². The highest BCUT2D eigenvalue weighted by Gasteiger charge is 2.09. The standard InChI is InChI=1S/C11H17N7O/c1-3-4-13-8(19)6-14-9-7-5-15-18-10(7)17-11(12-2)16-9/h5H,3-4,6H2,1-2H3,(H,13,19)(H3,12,14,15,16,17,18). The van der Waals surface area contributed by atoms with E-state index in [0.717, 1.165) is 11.8 Å². The molecule has 0 saturated carbocycles. The zero-order valence-electron chi connectivity index (χ0n) is 10.9. The average molecular weight is 263 g/mol. The van der Waals surface area contributed by atoms with Crippen LogP contribution >= 0.6 is 0 Å². The lowest BCUT2D eigenvalue weighted by Crippen LogP contribution is -2.30. The molecule has 0 aromatic carbocycles. The highest BCUT2D eigenvalue weighted by Crippen LogP contribution is 2.19. The van der Waals surface area contributed by atoms with Crippen molar-refractivity contribution in [3.63, 3.8) is 0 Å². The van der Waals surface area contributed by atoms with Gasteiger partial charge in [0.2, 0.25) is 11.9 Å². The summed E-state index contributed by atoms with van der Waals surface area (Å²) in [5.74, 6) is 0.978. The van der Waals surface area contributed by atoms with E-state index in [0.29, 0.717) is 24.0 Å². The second-order valence-corrected chi connectivity index (χ2v) is 3.98.